The summed E-state index contributed by atoms with van der Waals surface area (Å²) in [6.45, 7) is 0. The summed E-state index contributed by atoms with van der Waals surface area (Å²) in [5.74, 6) is 0.0843. The lowest BCUT2D eigenvalue weighted by atomic mass is 10.2. The van der Waals surface area contributed by atoms with Crippen molar-refractivity contribution in [2.45, 2.75) is 0 Å². The Morgan fingerprint density at radius 2 is 1.95 bits per heavy atom. The summed E-state index contributed by atoms with van der Waals surface area (Å²) >= 11 is 5.83. The van der Waals surface area contributed by atoms with Gasteiger partial charge in [0.25, 0.3) is 11.6 Å². The maximum atomic E-state index is 12.1. The van der Waals surface area contributed by atoms with Gasteiger partial charge in [0.2, 0.25) is 0 Å². The Morgan fingerprint density at radius 3 is 2.52 bits per heavy atom. The Balaban J connectivity index is 2.17. The largest absolute Gasteiger partial charge is 0.373 e. The Morgan fingerprint density at radius 1 is 1.29 bits per heavy atom. The molecule has 0 saturated carbocycles. The molecule has 0 bridgehead atoms. The number of carbonyl (C=O) groups excluding carboxylic acids is 1. The van der Waals surface area contributed by atoms with Crippen LogP contribution in [0.2, 0.25) is 5.15 Å². The molecule has 1 aromatic heterocycles. The molecule has 0 aliphatic rings. The van der Waals surface area contributed by atoms with Crippen LogP contribution >= 0.6 is 11.6 Å². The summed E-state index contributed by atoms with van der Waals surface area (Å²) in [7, 11) is 1.66. The van der Waals surface area contributed by atoms with Crippen molar-refractivity contribution in [3.05, 3.63) is 57.2 Å². The van der Waals surface area contributed by atoms with E-state index in [2.05, 4.69) is 15.6 Å². The van der Waals surface area contributed by atoms with Gasteiger partial charge in [0.1, 0.15) is 11.0 Å². The molecule has 1 aromatic carbocycles. The summed E-state index contributed by atoms with van der Waals surface area (Å²) in [5.41, 5.74) is 0.736. The summed E-state index contributed by atoms with van der Waals surface area (Å²) in [6, 6.07) is 8.52. The Hall–Kier alpha value is -2.67. The Bertz CT molecular complexity index is 688. The molecule has 8 heteroatoms. The molecule has 2 aromatic rings. The average molecular weight is 307 g/mol. The van der Waals surface area contributed by atoms with E-state index in [1.165, 1.54) is 30.3 Å². The van der Waals surface area contributed by atoms with Crippen LogP contribution in [0, 0.1) is 10.1 Å². The number of halogens is 1. The quantitative estimate of drug-likeness (QED) is 0.514. The maximum Gasteiger partial charge on any atom is 0.269 e. The van der Waals surface area contributed by atoms with E-state index in [9.17, 15) is 14.9 Å². The zero-order valence-electron chi connectivity index (χ0n) is 11.0. The van der Waals surface area contributed by atoms with Crippen molar-refractivity contribution < 1.29 is 9.72 Å². The minimum absolute atomic E-state index is 0.0441. The maximum absolute atomic E-state index is 12.1. The van der Waals surface area contributed by atoms with Crippen LogP contribution in [-0.4, -0.2) is 22.9 Å². The predicted octanol–water partition coefficient (Wildman–Crippen LogP) is 2.94. The minimum atomic E-state index is -0.507. The standard InChI is InChI=1S/C13H11ClN4O3/c1-15-12-7-8(6-11(14)17-12)13(19)16-9-2-4-10(5-3-9)18(20)21/h2-7H,1H3,(H,15,17)(H,16,19). The summed E-state index contributed by atoms with van der Waals surface area (Å²) in [4.78, 5) is 26.1. The van der Waals surface area contributed by atoms with Crippen LogP contribution in [0.1, 0.15) is 10.4 Å². The molecule has 2 rings (SSSR count). The fraction of sp³-hybridized carbons (Fsp3) is 0.0769. The molecule has 1 heterocycles. The van der Waals surface area contributed by atoms with E-state index in [1.807, 2.05) is 0 Å². The second kappa shape index (κ2) is 6.19. The smallest absolute Gasteiger partial charge is 0.269 e. The van der Waals surface area contributed by atoms with Crippen LogP contribution in [-0.2, 0) is 0 Å². The van der Waals surface area contributed by atoms with Gasteiger partial charge in [-0.2, -0.15) is 0 Å². The number of amides is 1. The van der Waals surface area contributed by atoms with E-state index in [-0.39, 0.29) is 16.7 Å². The van der Waals surface area contributed by atoms with Gasteiger partial charge in [-0.25, -0.2) is 4.98 Å². The molecule has 0 spiro atoms. The average Bonchev–Trinajstić information content (AvgIpc) is 2.47. The highest BCUT2D eigenvalue weighted by molar-refractivity contribution is 6.30. The fourth-order valence-corrected chi connectivity index (χ4v) is 1.83. The van der Waals surface area contributed by atoms with Crippen molar-refractivity contribution in [2.24, 2.45) is 0 Å². The molecule has 1 amide bonds. The van der Waals surface area contributed by atoms with Crippen molar-refractivity contribution in [2.75, 3.05) is 17.7 Å². The number of nitro benzene ring substituents is 1. The van der Waals surface area contributed by atoms with Gasteiger partial charge in [0, 0.05) is 30.4 Å². The lowest BCUT2D eigenvalue weighted by Crippen LogP contribution is -2.12. The number of benzene rings is 1. The third kappa shape index (κ3) is 3.67. The monoisotopic (exact) mass is 306 g/mol. The molecule has 0 saturated heterocycles. The van der Waals surface area contributed by atoms with Crippen molar-refractivity contribution >= 4 is 34.7 Å². The van der Waals surface area contributed by atoms with Crippen LogP contribution in [0.4, 0.5) is 17.2 Å². The Kier molecular flexibility index (Phi) is 4.34. The minimum Gasteiger partial charge on any atom is -0.373 e. The topological polar surface area (TPSA) is 97.2 Å². The molecule has 0 atom stereocenters. The van der Waals surface area contributed by atoms with Gasteiger partial charge in [-0.15, -0.1) is 0 Å². The van der Waals surface area contributed by atoms with Crippen LogP contribution in [0.3, 0.4) is 0 Å². The highest BCUT2D eigenvalue weighted by Crippen LogP contribution is 2.18. The second-order valence-electron chi connectivity index (χ2n) is 4.07. The second-order valence-corrected chi connectivity index (χ2v) is 4.46. The number of carbonyl (C=O) groups is 1. The summed E-state index contributed by atoms with van der Waals surface area (Å²) in [5, 5.41) is 16.2. The molecule has 7 nitrogen and oxygen atoms in total. The van der Waals surface area contributed by atoms with E-state index in [0.29, 0.717) is 17.1 Å². The van der Waals surface area contributed by atoms with Crippen LogP contribution < -0.4 is 10.6 Å². The van der Waals surface area contributed by atoms with Gasteiger partial charge in [-0.1, -0.05) is 11.6 Å². The molecule has 21 heavy (non-hydrogen) atoms. The first-order valence-electron chi connectivity index (χ1n) is 5.91. The van der Waals surface area contributed by atoms with Crippen LogP contribution in [0.5, 0.6) is 0 Å². The molecule has 0 radical (unpaired) electrons. The number of nitrogens with one attached hydrogen (secondary N) is 2. The SMILES string of the molecule is CNc1cc(C(=O)Nc2ccc([N+](=O)[O-])cc2)cc(Cl)n1. The van der Waals surface area contributed by atoms with Crippen LogP contribution in [0.25, 0.3) is 0 Å². The third-order valence-electron chi connectivity index (χ3n) is 2.65. The number of pyridine rings is 1. The first kappa shape index (κ1) is 14.7. The molecule has 0 fully saturated rings. The Labute approximate surface area is 125 Å². The number of non-ortho nitro benzene ring substituents is 1. The number of rotatable bonds is 4. The molecular formula is C13H11ClN4O3. The number of nitro groups is 1. The van der Waals surface area contributed by atoms with E-state index in [0.717, 1.165) is 0 Å². The number of hydrogen-bond donors (Lipinski definition) is 2. The highest BCUT2D eigenvalue weighted by Gasteiger charge is 2.10. The van der Waals surface area contributed by atoms with Gasteiger partial charge >= 0.3 is 0 Å². The van der Waals surface area contributed by atoms with E-state index in [4.69, 9.17) is 11.6 Å². The van der Waals surface area contributed by atoms with Crippen molar-refractivity contribution in [3.63, 3.8) is 0 Å². The van der Waals surface area contributed by atoms with E-state index < -0.39 is 4.92 Å². The van der Waals surface area contributed by atoms with Gasteiger partial charge < -0.3 is 10.6 Å². The zero-order valence-corrected chi connectivity index (χ0v) is 11.7. The molecule has 108 valence electrons. The van der Waals surface area contributed by atoms with Gasteiger partial charge in [0.15, 0.2) is 0 Å². The lowest BCUT2D eigenvalue weighted by molar-refractivity contribution is -0.384. The highest BCUT2D eigenvalue weighted by atomic mass is 35.5. The molecule has 2 N–H and O–H groups in total. The fourth-order valence-electron chi connectivity index (χ4n) is 1.63. The first-order chi connectivity index (χ1) is 9.99. The van der Waals surface area contributed by atoms with Crippen molar-refractivity contribution in [3.8, 4) is 0 Å². The summed E-state index contributed by atoms with van der Waals surface area (Å²) < 4.78 is 0. The molecular weight excluding hydrogens is 296 g/mol. The lowest BCUT2D eigenvalue weighted by Gasteiger charge is -2.07. The van der Waals surface area contributed by atoms with Gasteiger partial charge in [-0.05, 0) is 24.3 Å². The van der Waals surface area contributed by atoms with Crippen molar-refractivity contribution in [1.29, 1.82) is 0 Å². The number of nitrogens with zero attached hydrogens (tertiary/aromatic N) is 2. The van der Waals surface area contributed by atoms with Crippen molar-refractivity contribution in [1.82, 2.24) is 4.98 Å². The third-order valence-corrected chi connectivity index (χ3v) is 2.84. The van der Waals surface area contributed by atoms with Crippen LogP contribution in [0.15, 0.2) is 36.4 Å². The molecule has 0 aliphatic heterocycles. The summed E-state index contributed by atoms with van der Waals surface area (Å²) in [6.07, 6.45) is 0. The zero-order chi connectivity index (χ0) is 15.4. The number of hydrogen-bond acceptors (Lipinski definition) is 5. The normalized spacial score (nSPS) is 10.0. The van der Waals surface area contributed by atoms with E-state index in [1.54, 1.807) is 13.1 Å². The number of anilines is 2. The van der Waals surface area contributed by atoms with Gasteiger partial charge in [0.05, 0.1) is 4.92 Å². The molecule has 0 aliphatic carbocycles. The predicted molar refractivity (Wildman–Crippen MR) is 79.8 cm³/mol. The first-order valence-corrected chi connectivity index (χ1v) is 6.28. The molecule has 0 unspecified atom stereocenters. The van der Waals surface area contributed by atoms with E-state index >= 15 is 0 Å². The number of aromatic nitrogens is 1. The van der Waals surface area contributed by atoms with Gasteiger partial charge in [-0.3, -0.25) is 14.9 Å².